The van der Waals surface area contributed by atoms with Crippen LogP contribution >= 0.6 is 0 Å². The first kappa shape index (κ1) is 33.2. The molecule has 2 N–H and O–H groups in total. The highest BCUT2D eigenvalue weighted by atomic mass is 16.5. The number of amides is 1. The summed E-state index contributed by atoms with van der Waals surface area (Å²) in [6.07, 6.45) is 9.33. The van der Waals surface area contributed by atoms with E-state index < -0.39 is 0 Å². The van der Waals surface area contributed by atoms with E-state index in [1.807, 2.05) is 45.2 Å². The lowest BCUT2D eigenvalue weighted by molar-refractivity contribution is -0.141. The van der Waals surface area contributed by atoms with E-state index in [1.54, 1.807) is 13.1 Å². The largest absolute Gasteiger partial charge is 0.493 e. The number of allylic oxidation sites excluding steroid dienone is 1. The Bertz CT molecular complexity index is 1260. The number of nitrogens with zero attached hydrogens (tertiary/aromatic N) is 3. The summed E-state index contributed by atoms with van der Waals surface area (Å²) >= 11 is 0. The van der Waals surface area contributed by atoms with Crippen LogP contribution in [0, 0.1) is 17.3 Å². The number of aliphatic imine (C=N–C) groups is 1. The molecule has 0 spiro atoms. The summed E-state index contributed by atoms with van der Waals surface area (Å²) in [5.41, 5.74) is 10.6. The van der Waals surface area contributed by atoms with Crippen molar-refractivity contribution in [2.45, 2.75) is 100.0 Å². The summed E-state index contributed by atoms with van der Waals surface area (Å²) in [6, 6.07) is 5.90. The van der Waals surface area contributed by atoms with Crippen molar-refractivity contribution in [3.8, 4) is 5.75 Å². The van der Waals surface area contributed by atoms with Gasteiger partial charge in [0, 0.05) is 53.1 Å². The normalized spacial score (nSPS) is 22.6. The monoisotopic (exact) mass is 576 g/mol. The zero-order valence-electron chi connectivity index (χ0n) is 27.1. The Labute approximate surface area is 253 Å². The third-order valence-corrected chi connectivity index (χ3v) is 9.10. The SMILES string of the molecule is C=C(N1C=CN=C(N)/C1=C(\c1ccc(C(C)=O)cc1OCC)C(C)CC)C1(CC)CCC(CCC)N(C(=O)C(C)C)C1. The van der Waals surface area contributed by atoms with Gasteiger partial charge in [-0.2, -0.15) is 0 Å². The van der Waals surface area contributed by atoms with Crippen molar-refractivity contribution in [2.24, 2.45) is 28.0 Å². The maximum atomic E-state index is 13.5. The van der Waals surface area contributed by atoms with Crippen molar-refractivity contribution < 1.29 is 14.3 Å². The van der Waals surface area contributed by atoms with Crippen LogP contribution in [0.1, 0.15) is 110 Å². The molecule has 2 heterocycles. The summed E-state index contributed by atoms with van der Waals surface area (Å²) in [6.45, 7) is 22.0. The number of ketones is 1. The molecule has 1 saturated heterocycles. The molecule has 0 bridgehead atoms. The van der Waals surface area contributed by atoms with E-state index in [1.165, 1.54) is 0 Å². The minimum Gasteiger partial charge on any atom is -0.493 e. The summed E-state index contributed by atoms with van der Waals surface area (Å²) < 4.78 is 6.11. The molecule has 0 radical (unpaired) electrons. The number of likely N-dealkylation sites (tertiary alicyclic amines) is 1. The molecule has 0 aliphatic carbocycles. The molecule has 1 aromatic carbocycles. The maximum Gasteiger partial charge on any atom is 0.225 e. The van der Waals surface area contributed by atoms with Crippen molar-refractivity contribution in [3.63, 3.8) is 0 Å². The minimum atomic E-state index is -0.316. The molecule has 42 heavy (non-hydrogen) atoms. The summed E-state index contributed by atoms with van der Waals surface area (Å²) in [7, 11) is 0. The molecule has 3 unspecified atom stereocenters. The molecule has 7 nitrogen and oxygen atoms in total. The van der Waals surface area contributed by atoms with Crippen LogP contribution in [0.15, 0.2) is 53.6 Å². The average molecular weight is 577 g/mol. The number of carbonyl (C=O) groups excluding carboxylic acids is 2. The van der Waals surface area contributed by atoms with Gasteiger partial charge >= 0.3 is 0 Å². The molecule has 3 rings (SSSR count). The number of carbonyl (C=O) groups is 2. The van der Waals surface area contributed by atoms with Crippen LogP contribution in [-0.2, 0) is 4.79 Å². The molecule has 1 aromatic rings. The number of hydrogen-bond acceptors (Lipinski definition) is 6. The highest BCUT2D eigenvalue weighted by Crippen LogP contribution is 2.47. The molecule has 2 aliphatic rings. The van der Waals surface area contributed by atoms with E-state index in [-0.39, 0.29) is 35.0 Å². The fraction of sp³-hybridized carbons (Fsp3) is 0.571. The first-order valence-electron chi connectivity index (χ1n) is 15.8. The lowest BCUT2D eigenvalue weighted by Crippen LogP contribution is -2.54. The second kappa shape index (κ2) is 14.2. The van der Waals surface area contributed by atoms with Gasteiger partial charge in [0.2, 0.25) is 5.91 Å². The first-order valence-corrected chi connectivity index (χ1v) is 15.8. The van der Waals surface area contributed by atoms with Crippen LogP contribution in [0.25, 0.3) is 5.57 Å². The third-order valence-electron chi connectivity index (χ3n) is 9.10. The predicted octanol–water partition coefficient (Wildman–Crippen LogP) is 7.55. The van der Waals surface area contributed by atoms with Crippen molar-refractivity contribution >= 4 is 23.1 Å². The van der Waals surface area contributed by atoms with E-state index in [9.17, 15) is 9.59 Å². The Balaban J connectivity index is 2.21. The highest BCUT2D eigenvalue weighted by molar-refractivity contribution is 6.05. The Morgan fingerprint density at radius 2 is 1.90 bits per heavy atom. The van der Waals surface area contributed by atoms with Crippen molar-refractivity contribution in [2.75, 3.05) is 13.2 Å². The van der Waals surface area contributed by atoms with Crippen LogP contribution in [0.4, 0.5) is 0 Å². The zero-order valence-corrected chi connectivity index (χ0v) is 27.1. The van der Waals surface area contributed by atoms with Crippen molar-refractivity contribution in [1.82, 2.24) is 9.80 Å². The quantitative estimate of drug-likeness (QED) is 0.260. The van der Waals surface area contributed by atoms with E-state index in [0.717, 1.165) is 61.1 Å². The van der Waals surface area contributed by atoms with E-state index in [0.29, 0.717) is 30.3 Å². The summed E-state index contributed by atoms with van der Waals surface area (Å²) in [5, 5.41) is 0. The van der Waals surface area contributed by atoms with Gasteiger partial charge in [0.1, 0.15) is 11.6 Å². The van der Waals surface area contributed by atoms with Gasteiger partial charge in [0.15, 0.2) is 5.78 Å². The van der Waals surface area contributed by atoms with Crippen LogP contribution in [0.2, 0.25) is 0 Å². The topological polar surface area (TPSA) is 88.2 Å². The van der Waals surface area contributed by atoms with Gasteiger partial charge in [0.05, 0.1) is 12.3 Å². The van der Waals surface area contributed by atoms with E-state index in [4.69, 9.17) is 17.0 Å². The molecule has 1 amide bonds. The van der Waals surface area contributed by atoms with Crippen molar-refractivity contribution in [1.29, 1.82) is 0 Å². The predicted molar refractivity (Wildman–Crippen MR) is 173 cm³/mol. The van der Waals surface area contributed by atoms with Crippen LogP contribution < -0.4 is 10.5 Å². The fourth-order valence-corrected chi connectivity index (χ4v) is 6.34. The van der Waals surface area contributed by atoms with Gasteiger partial charge in [-0.3, -0.25) is 9.59 Å². The van der Waals surface area contributed by atoms with Crippen LogP contribution in [0.3, 0.4) is 0 Å². The highest BCUT2D eigenvalue weighted by Gasteiger charge is 2.45. The van der Waals surface area contributed by atoms with Gasteiger partial charge in [0.25, 0.3) is 0 Å². The zero-order chi connectivity index (χ0) is 31.2. The molecular weight excluding hydrogens is 524 g/mol. The molecule has 2 aliphatic heterocycles. The Kier molecular flexibility index (Phi) is 11.2. The van der Waals surface area contributed by atoms with Gasteiger partial charge in [-0.15, -0.1) is 0 Å². The number of nitrogens with two attached hydrogens (primary N) is 1. The number of amidine groups is 1. The first-order chi connectivity index (χ1) is 20.0. The maximum absolute atomic E-state index is 13.5. The minimum absolute atomic E-state index is 0.0130. The van der Waals surface area contributed by atoms with Gasteiger partial charge < -0.3 is 20.3 Å². The molecule has 3 atom stereocenters. The number of piperidine rings is 1. The van der Waals surface area contributed by atoms with Gasteiger partial charge in [-0.05, 0) is 63.5 Å². The summed E-state index contributed by atoms with van der Waals surface area (Å²) in [5.74, 6) is 1.30. The number of Topliss-reactive ketones (excluding diaryl/α,β-unsaturated/α-hetero) is 1. The second-order valence-electron chi connectivity index (χ2n) is 12.1. The van der Waals surface area contributed by atoms with E-state index in [2.05, 4.69) is 42.5 Å². The second-order valence-corrected chi connectivity index (χ2v) is 12.1. The molecule has 0 saturated carbocycles. The van der Waals surface area contributed by atoms with Gasteiger partial charge in [-0.1, -0.05) is 66.7 Å². The Morgan fingerprint density at radius 3 is 2.48 bits per heavy atom. The summed E-state index contributed by atoms with van der Waals surface area (Å²) in [4.78, 5) is 34.5. The van der Waals surface area contributed by atoms with Crippen LogP contribution in [0.5, 0.6) is 5.75 Å². The number of rotatable bonds is 12. The molecular formula is C35H52N4O3. The lowest BCUT2D eigenvalue weighted by Gasteiger charge is -2.50. The molecule has 230 valence electrons. The van der Waals surface area contributed by atoms with Crippen LogP contribution in [-0.4, -0.2) is 46.5 Å². The molecule has 1 fully saturated rings. The Hall–Kier alpha value is -3.35. The molecule has 7 heteroatoms. The number of ether oxygens (including phenoxy) is 1. The van der Waals surface area contributed by atoms with E-state index >= 15 is 0 Å². The standard InChI is InChI=1S/C35H52N4O3/c1-10-14-28-17-18-35(12-3,22-39(28)34(41)23(5)6)26(9)38-20-19-37-33(36)32(38)31(24(7)11-2)29-16-15-27(25(8)40)21-30(29)42-13-4/h15-16,19-21,23-24,28H,9-14,17-18,22H2,1-8H3,(H2,36,37)/b32-31+. The number of hydrogen-bond donors (Lipinski definition) is 1. The average Bonchev–Trinajstić information content (AvgIpc) is 2.98. The van der Waals surface area contributed by atoms with Crippen molar-refractivity contribution in [3.05, 3.63) is 59.7 Å². The Morgan fingerprint density at radius 1 is 1.19 bits per heavy atom. The smallest absolute Gasteiger partial charge is 0.225 e. The lowest BCUT2D eigenvalue weighted by atomic mass is 9.71. The number of benzene rings is 1. The van der Waals surface area contributed by atoms with Gasteiger partial charge in [-0.25, -0.2) is 4.99 Å². The molecule has 0 aromatic heterocycles. The third kappa shape index (κ3) is 6.66. The fourth-order valence-electron chi connectivity index (χ4n) is 6.34.